The van der Waals surface area contributed by atoms with Gasteiger partial charge in [-0.3, -0.25) is 4.98 Å². The summed E-state index contributed by atoms with van der Waals surface area (Å²) in [5, 5.41) is 0. The van der Waals surface area contributed by atoms with Crippen LogP contribution in [0, 0.1) is 5.92 Å². The van der Waals surface area contributed by atoms with Gasteiger partial charge in [0.25, 0.3) is 0 Å². The zero-order chi connectivity index (χ0) is 9.26. The van der Waals surface area contributed by atoms with Crippen molar-refractivity contribution in [2.45, 2.75) is 26.7 Å². The fraction of sp³-hybridized carbons (Fsp3) is 0.417. The molecule has 2 rings (SSSR count). The molecule has 1 aliphatic rings. The van der Waals surface area contributed by atoms with E-state index >= 15 is 0 Å². The molecular weight excluding hydrogens is 158 g/mol. The van der Waals surface area contributed by atoms with Crippen LogP contribution in [0.15, 0.2) is 18.2 Å². The molecule has 0 saturated carbocycles. The molecule has 0 atom stereocenters. The van der Waals surface area contributed by atoms with Crippen LogP contribution in [0.2, 0.25) is 0 Å². The Labute approximate surface area is 79.5 Å². The van der Waals surface area contributed by atoms with Crippen molar-refractivity contribution in [2.75, 3.05) is 0 Å². The first-order chi connectivity index (χ1) is 6.25. The van der Waals surface area contributed by atoms with E-state index in [9.17, 15) is 0 Å². The van der Waals surface area contributed by atoms with Gasteiger partial charge in [0.05, 0.1) is 5.69 Å². The van der Waals surface area contributed by atoms with E-state index in [4.69, 9.17) is 0 Å². The zero-order valence-corrected chi connectivity index (χ0v) is 8.25. The molecule has 0 bridgehead atoms. The Morgan fingerprint density at radius 3 is 3.00 bits per heavy atom. The second-order valence-electron chi connectivity index (χ2n) is 4.05. The molecule has 0 aromatic carbocycles. The lowest BCUT2D eigenvalue weighted by atomic mass is 10.1. The zero-order valence-electron chi connectivity index (χ0n) is 8.25. The highest BCUT2D eigenvalue weighted by Gasteiger charge is 2.07. The summed E-state index contributed by atoms with van der Waals surface area (Å²) in [5.41, 5.74) is 3.77. The van der Waals surface area contributed by atoms with E-state index < -0.39 is 0 Å². The summed E-state index contributed by atoms with van der Waals surface area (Å²) in [7, 11) is 0. The van der Waals surface area contributed by atoms with E-state index in [1.807, 2.05) is 0 Å². The molecule has 1 heterocycles. The topological polar surface area (TPSA) is 12.9 Å². The predicted molar refractivity (Wildman–Crippen MR) is 55.5 cm³/mol. The number of rotatable bonds is 2. The molecular formula is C12H15N. The van der Waals surface area contributed by atoms with Crippen molar-refractivity contribution >= 4 is 6.08 Å². The third-order valence-electron chi connectivity index (χ3n) is 2.30. The van der Waals surface area contributed by atoms with Crippen LogP contribution >= 0.6 is 0 Å². The van der Waals surface area contributed by atoms with Crippen LogP contribution in [0.25, 0.3) is 6.08 Å². The second-order valence-corrected chi connectivity index (χ2v) is 4.05. The van der Waals surface area contributed by atoms with Crippen LogP contribution in [0.1, 0.15) is 30.8 Å². The number of aromatic nitrogens is 1. The van der Waals surface area contributed by atoms with Gasteiger partial charge in [-0.1, -0.05) is 26.0 Å². The third kappa shape index (κ3) is 1.80. The SMILES string of the molecule is CC(C)Cc1ccc2c(n1)C=CC2. The molecule has 1 aromatic heterocycles. The smallest absolute Gasteiger partial charge is 0.0665 e. The first kappa shape index (κ1) is 8.49. The van der Waals surface area contributed by atoms with Crippen molar-refractivity contribution < 1.29 is 0 Å². The van der Waals surface area contributed by atoms with E-state index in [0.717, 1.165) is 12.8 Å². The van der Waals surface area contributed by atoms with Crippen molar-refractivity contribution in [3.63, 3.8) is 0 Å². The molecule has 0 aliphatic heterocycles. The summed E-state index contributed by atoms with van der Waals surface area (Å²) in [6.45, 7) is 4.45. The maximum atomic E-state index is 4.61. The van der Waals surface area contributed by atoms with E-state index in [0.29, 0.717) is 5.92 Å². The fourth-order valence-corrected chi connectivity index (χ4v) is 1.69. The number of fused-ring (bicyclic) bond motifs is 1. The van der Waals surface area contributed by atoms with Gasteiger partial charge in [0.15, 0.2) is 0 Å². The van der Waals surface area contributed by atoms with Crippen molar-refractivity contribution in [3.05, 3.63) is 35.2 Å². The molecule has 0 saturated heterocycles. The second kappa shape index (κ2) is 3.33. The Morgan fingerprint density at radius 2 is 2.23 bits per heavy atom. The Balaban J connectivity index is 2.25. The van der Waals surface area contributed by atoms with Gasteiger partial charge in [0.2, 0.25) is 0 Å². The monoisotopic (exact) mass is 173 g/mol. The highest BCUT2D eigenvalue weighted by molar-refractivity contribution is 5.56. The Morgan fingerprint density at radius 1 is 1.38 bits per heavy atom. The molecule has 1 heteroatoms. The molecule has 0 N–H and O–H groups in total. The summed E-state index contributed by atoms with van der Waals surface area (Å²) in [6, 6.07) is 4.37. The molecule has 0 amide bonds. The number of hydrogen-bond acceptors (Lipinski definition) is 1. The molecule has 0 radical (unpaired) electrons. The van der Waals surface area contributed by atoms with Crippen LogP contribution in [-0.4, -0.2) is 4.98 Å². The third-order valence-corrected chi connectivity index (χ3v) is 2.30. The van der Waals surface area contributed by atoms with Gasteiger partial charge in [0, 0.05) is 5.69 Å². The molecule has 1 aromatic rings. The summed E-state index contributed by atoms with van der Waals surface area (Å²) in [5.74, 6) is 0.691. The molecule has 13 heavy (non-hydrogen) atoms. The van der Waals surface area contributed by atoms with Crippen molar-refractivity contribution in [2.24, 2.45) is 5.92 Å². The quantitative estimate of drug-likeness (QED) is 0.670. The van der Waals surface area contributed by atoms with Gasteiger partial charge < -0.3 is 0 Å². The van der Waals surface area contributed by atoms with Crippen LogP contribution in [0.4, 0.5) is 0 Å². The highest BCUT2D eigenvalue weighted by atomic mass is 14.7. The van der Waals surface area contributed by atoms with Gasteiger partial charge in [0.1, 0.15) is 0 Å². The average Bonchev–Trinajstić information content (AvgIpc) is 2.49. The van der Waals surface area contributed by atoms with Crippen molar-refractivity contribution in [1.29, 1.82) is 0 Å². The minimum absolute atomic E-state index is 0.691. The summed E-state index contributed by atoms with van der Waals surface area (Å²) < 4.78 is 0. The van der Waals surface area contributed by atoms with E-state index in [2.05, 4.69) is 43.1 Å². The van der Waals surface area contributed by atoms with Crippen LogP contribution in [0.3, 0.4) is 0 Å². The Kier molecular flexibility index (Phi) is 2.17. The summed E-state index contributed by atoms with van der Waals surface area (Å²) in [4.78, 5) is 4.61. The van der Waals surface area contributed by atoms with Crippen LogP contribution < -0.4 is 0 Å². The van der Waals surface area contributed by atoms with E-state index in [1.54, 1.807) is 0 Å². The van der Waals surface area contributed by atoms with Gasteiger partial charge >= 0.3 is 0 Å². The van der Waals surface area contributed by atoms with Gasteiger partial charge in [-0.25, -0.2) is 0 Å². The van der Waals surface area contributed by atoms with Crippen molar-refractivity contribution in [1.82, 2.24) is 4.98 Å². The first-order valence-electron chi connectivity index (χ1n) is 4.91. The normalized spacial score (nSPS) is 13.8. The largest absolute Gasteiger partial charge is 0.253 e. The first-order valence-corrected chi connectivity index (χ1v) is 4.91. The molecule has 0 spiro atoms. The number of allylic oxidation sites excluding steroid dienone is 1. The Bertz CT molecular complexity index is 337. The standard InChI is InChI=1S/C12H15N/c1-9(2)8-11-7-6-10-4-3-5-12(10)13-11/h3,5-7,9H,4,8H2,1-2H3. The molecule has 1 nitrogen and oxygen atoms in total. The molecule has 68 valence electrons. The van der Waals surface area contributed by atoms with Gasteiger partial charge in [-0.05, 0) is 36.5 Å². The minimum atomic E-state index is 0.691. The molecule has 0 fully saturated rings. The van der Waals surface area contributed by atoms with Crippen LogP contribution in [0.5, 0.6) is 0 Å². The van der Waals surface area contributed by atoms with Gasteiger partial charge in [-0.15, -0.1) is 0 Å². The number of nitrogens with zero attached hydrogens (tertiary/aromatic N) is 1. The summed E-state index contributed by atoms with van der Waals surface area (Å²) in [6.07, 6.45) is 6.45. The van der Waals surface area contributed by atoms with Gasteiger partial charge in [-0.2, -0.15) is 0 Å². The van der Waals surface area contributed by atoms with Crippen LogP contribution in [-0.2, 0) is 12.8 Å². The summed E-state index contributed by atoms with van der Waals surface area (Å²) >= 11 is 0. The molecule has 0 unspecified atom stereocenters. The van der Waals surface area contributed by atoms with E-state index in [1.165, 1.54) is 17.0 Å². The van der Waals surface area contributed by atoms with E-state index in [-0.39, 0.29) is 0 Å². The lowest BCUT2D eigenvalue weighted by Gasteiger charge is -2.05. The lowest BCUT2D eigenvalue weighted by Crippen LogP contribution is -1.99. The maximum Gasteiger partial charge on any atom is 0.0665 e. The average molecular weight is 173 g/mol. The number of pyridine rings is 1. The fourth-order valence-electron chi connectivity index (χ4n) is 1.69. The predicted octanol–water partition coefficient (Wildman–Crippen LogP) is 2.85. The lowest BCUT2D eigenvalue weighted by molar-refractivity contribution is 0.635. The van der Waals surface area contributed by atoms with Crippen molar-refractivity contribution in [3.8, 4) is 0 Å². The maximum absolute atomic E-state index is 4.61. The Hall–Kier alpha value is -1.11. The number of hydrogen-bond donors (Lipinski definition) is 0. The highest BCUT2D eigenvalue weighted by Crippen LogP contribution is 2.18. The molecule has 1 aliphatic carbocycles. The minimum Gasteiger partial charge on any atom is -0.253 e.